The highest BCUT2D eigenvalue weighted by Crippen LogP contribution is 2.39. The Balaban J connectivity index is 1.81. The van der Waals surface area contributed by atoms with Crippen LogP contribution in [0.3, 0.4) is 0 Å². The van der Waals surface area contributed by atoms with Crippen LogP contribution in [0.15, 0.2) is 35.6 Å². The van der Waals surface area contributed by atoms with Crippen molar-refractivity contribution in [2.24, 2.45) is 12.0 Å². The zero-order valence-corrected chi connectivity index (χ0v) is 15.3. The highest BCUT2D eigenvalue weighted by atomic mass is 16.5. The van der Waals surface area contributed by atoms with Crippen molar-refractivity contribution >= 4 is 5.96 Å². The van der Waals surface area contributed by atoms with Gasteiger partial charge in [-0.1, -0.05) is 18.2 Å². The summed E-state index contributed by atoms with van der Waals surface area (Å²) in [5.74, 6) is 2.52. The van der Waals surface area contributed by atoms with Gasteiger partial charge in [0.1, 0.15) is 24.2 Å². The molecule has 0 aliphatic carbocycles. The second kappa shape index (κ2) is 7.13. The quantitative estimate of drug-likeness (QED) is 0.658. The van der Waals surface area contributed by atoms with Gasteiger partial charge in [-0.15, -0.1) is 10.2 Å². The van der Waals surface area contributed by atoms with Gasteiger partial charge >= 0.3 is 0 Å². The van der Waals surface area contributed by atoms with Crippen LogP contribution >= 0.6 is 0 Å². The van der Waals surface area contributed by atoms with Crippen LogP contribution in [0.4, 0.5) is 0 Å². The van der Waals surface area contributed by atoms with Gasteiger partial charge in [0.2, 0.25) is 0 Å². The Kier molecular flexibility index (Phi) is 4.92. The van der Waals surface area contributed by atoms with Crippen LogP contribution in [-0.4, -0.2) is 32.9 Å². The van der Waals surface area contributed by atoms with Crippen molar-refractivity contribution in [2.75, 3.05) is 6.54 Å². The monoisotopic (exact) mass is 342 g/mol. The van der Waals surface area contributed by atoms with E-state index < -0.39 is 0 Å². The van der Waals surface area contributed by atoms with Gasteiger partial charge in [0.05, 0.1) is 6.04 Å². The Morgan fingerprint density at radius 2 is 2.20 bits per heavy atom. The number of aromatic nitrogens is 3. The first-order valence-electron chi connectivity index (χ1n) is 8.64. The molecule has 2 N–H and O–H groups in total. The molecule has 0 saturated carbocycles. The maximum absolute atomic E-state index is 6.10. The lowest BCUT2D eigenvalue weighted by atomic mass is 9.90. The molecule has 3 rings (SSSR count). The number of hydrogen-bond acceptors (Lipinski definition) is 4. The average molecular weight is 342 g/mol. The summed E-state index contributed by atoms with van der Waals surface area (Å²) in [5, 5.41) is 14.8. The lowest BCUT2D eigenvalue weighted by Gasteiger charge is -2.38. The standard InChI is InChI=1S/C18H26N6O/c1-5-19-17(20-11-16-23-21-12-24(16)4)22-14-10-18(2,3)25-15-9-7-6-8-13(14)15/h6-9,12,14H,5,10-11H2,1-4H3,(H2,19,20,22). The molecule has 7 heteroatoms. The van der Waals surface area contributed by atoms with E-state index in [0.717, 1.165) is 36.1 Å². The van der Waals surface area contributed by atoms with E-state index in [1.165, 1.54) is 0 Å². The topological polar surface area (TPSA) is 76.4 Å². The number of guanidine groups is 1. The Morgan fingerprint density at radius 1 is 1.40 bits per heavy atom. The normalized spacial score (nSPS) is 19.0. The van der Waals surface area contributed by atoms with Crippen molar-refractivity contribution in [1.82, 2.24) is 25.4 Å². The van der Waals surface area contributed by atoms with E-state index in [0.29, 0.717) is 6.54 Å². The Hall–Kier alpha value is -2.57. The highest BCUT2D eigenvalue weighted by molar-refractivity contribution is 5.80. The molecule has 1 aromatic heterocycles. The summed E-state index contributed by atoms with van der Waals surface area (Å²) >= 11 is 0. The lowest BCUT2D eigenvalue weighted by molar-refractivity contribution is 0.0694. The second-order valence-electron chi connectivity index (χ2n) is 6.85. The van der Waals surface area contributed by atoms with Gasteiger partial charge in [0.25, 0.3) is 0 Å². The van der Waals surface area contributed by atoms with Crippen molar-refractivity contribution in [1.29, 1.82) is 0 Å². The van der Waals surface area contributed by atoms with E-state index in [9.17, 15) is 0 Å². The Labute approximate surface area is 148 Å². The summed E-state index contributed by atoms with van der Waals surface area (Å²) in [4.78, 5) is 4.66. The maximum Gasteiger partial charge on any atom is 0.192 e. The Morgan fingerprint density at radius 3 is 2.92 bits per heavy atom. The first-order chi connectivity index (χ1) is 12.0. The minimum atomic E-state index is -0.229. The molecule has 1 aromatic carbocycles. The molecule has 134 valence electrons. The average Bonchev–Trinajstić information content (AvgIpc) is 2.97. The number of benzene rings is 1. The largest absolute Gasteiger partial charge is 0.487 e. The Bertz CT molecular complexity index is 752. The molecule has 0 spiro atoms. The maximum atomic E-state index is 6.10. The van der Waals surface area contributed by atoms with Gasteiger partial charge in [-0.3, -0.25) is 0 Å². The van der Waals surface area contributed by atoms with Crippen LogP contribution in [0.25, 0.3) is 0 Å². The molecule has 1 aliphatic rings. The van der Waals surface area contributed by atoms with Gasteiger partial charge in [0.15, 0.2) is 11.8 Å². The van der Waals surface area contributed by atoms with E-state index in [4.69, 9.17) is 4.74 Å². The molecule has 25 heavy (non-hydrogen) atoms. The van der Waals surface area contributed by atoms with Crippen molar-refractivity contribution in [3.05, 3.63) is 42.0 Å². The van der Waals surface area contributed by atoms with E-state index in [2.05, 4.69) is 52.7 Å². The second-order valence-corrected chi connectivity index (χ2v) is 6.85. The van der Waals surface area contributed by atoms with Gasteiger partial charge in [-0.2, -0.15) is 0 Å². The molecule has 0 amide bonds. The molecule has 0 fully saturated rings. The van der Waals surface area contributed by atoms with Crippen molar-refractivity contribution < 1.29 is 4.74 Å². The fourth-order valence-electron chi connectivity index (χ4n) is 3.02. The predicted octanol–water partition coefficient (Wildman–Crippen LogP) is 2.17. The van der Waals surface area contributed by atoms with Crippen LogP contribution < -0.4 is 15.4 Å². The van der Waals surface area contributed by atoms with Crippen LogP contribution in [0.1, 0.15) is 44.6 Å². The van der Waals surface area contributed by atoms with Crippen molar-refractivity contribution in [3.8, 4) is 5.75 Å². The number of aliphatic imine (C=N–C) groups is 1. The molecule has 0 saturated heterocycles. The number of hydrogen-bond donors (Lipinski definition) is 2. The van der Waals surface area contributed by atoms with E-state index in [1.54, 1.807) is 6.33 Å². The summed E-state index contributed by atoms with van der Waals surface area (Å²) < 4.78 is 7.98. The number of rotatable bonds is 4. The number of ether oxygens (including phenoxy) is 1. The zero-order chi connectivity index (χ0) is 17.9. The number of nitrogens with zero attached hydrogens (tertiary/aromatic N) is 4. The van der Waals surface area contributed by atoms with Gasteiger partial charge in [-0.05, 0) is 26.8 Å². The number of para-hydroxylation sites is 1. The number of nitrogens with one attached hydrogen (secondary N) is 2. The molecule has 0 bridgehead atoms. The van der Waals surface area contributed by atoms with Crippen LogP contribution in [-0.2, 0) is 13.6 Å². The third-order valence-corrected chi connectivity index (χ3v) is 4.22. The lowest BCUT2D eigenvalue weighted by Crippen LogP contribution is -2.45. The zero-order valence-electron chi connectivity index (χ0n) is 15.3. The molecular formula is C18H26N6O. The fourth-order valence-corrected chi connectivity index (χ4v) is 3.02. The fraction of sp³-hybridized carbons (Fsp3) is 0.500. The molecule has 2 heterocycles. The number of fused-ring (bicyclic) bond motifs is 1. The summed E-state index contributed by atoms with van der Waals surface area (Å²) in [6.45, 7) is 7.54. The third-order valence-electron chi connectivity index (χ3n) is 4.22. The molecular weight excluding hydrogens is 316 g/mol. The summed E-state index contributed by atoms with van der Waals surface area (Å²) in [6, 6.07) is 8.31. The van der Waals surface area contributed by atoms with Crippen LogP contribution in [0.5, 0.6) is 5.75 Å². The smallest absolute Gasteiger partial charge is 0.192 e. The van der Waals surface area contributed by atoms with Gasteiger partial charge in [-0.25, -0.2) is 4.99 Å². The first kappa shape index (κ1) is 17.3. The summed E-state index contributed by atoms with van der Waals surface area (Å²) in [6.07, 6.45) is 2.54. The van der Waals surface area contributed by atoms with Crippen LogP contribution in [0, 0.1) is 0 Å². The molecule has 1 atom stereocenters. The first-order valence-corrected chi connectivity index (χ1v) is 8.64. The third kappa shape index (κ3) is 4.10. The summed E-state index contributed by atoms with van der Waals surface area (Å²) in [5.41, 5.74) is 0.929. The SMILES string of the molecule is CCNC(=NCc1nncn1C)NC1CC(C)(C)Oc2ccccc21. The molecule has 2 aromatic rings. The minimum Gasteiger partial charge on any atom is -0.487 e. The highest BCUT2D eigenvalue weighted by Gasteiger charge is 2.33. The number of aryl methyl sites for hydroxylation is 1. The molecule has 1 unspecified atom stereocenters. The summed E-state index contributed by atoms with van der Waals surface area (Å²) in [7, 11) is 1.92. The molecule has 0 radical (unpaired) electrons. The van der Waals surface area contributed by atoms with Crippen LogP contribution in [0.2, 0.25) is 0 Å². The van der Waals surface area contributed by atoms with E-state index >= 15 is 0 Å². The van der Waals surface area contributed by atoms with E-state index in [-0.39, 0.29) is 11.6 Å². The molecule has 1 aliphatic heterocycles. The van der Waals surface area contributed by atoms with Gasteiger partial charge < -0.3 is 19.9 Å². The predicted molar refractivity (Wildman–Crippen MR) is 97.5 cm³/mol. The van der Waals surface area contributed by atoms with E-state index in [1.807, 2.05) is 29.8 Å². The van der Waals surface area contributed by atoms with Crippen molar-refractivity contribution in [3.63, 3.8) is 0 Å². The molecule has 7 nitrogen and oxygen atoms in total. The van der Waals surface area contributed by atoms with Crippen molar-refractivity contribution in [2.45, 2.75) is 45.4 Å². The van der Waals surface area contributed by atoms with Gasteiger partial charge in [0, 0.05) is 25.6 Å². The minimum absolute atomic E-state index is 0.136.